The average Bonchev–Trinajstić information content (AvgIpc) is 2.88. The summed E-state index contributed by atoms with van der Waals surface area (Å²) in [7, 11) is 0. The first-order valence-corrected chi connectivity index (χ1v) is 7.81. The molecule has 2 rings (SSSR count). The molecule has 3 nitrogen and oxygen atoms in total. The van der Waals surface area contributed by atoms with Crippen LogP contribution in [0, 0.1) is 5.92 Å². The lowest BCUT2D eigenvalue weighted by atomic mass is 9.96. The highest BCUT2D eigenvalue weighted by Crippen LogP contribution is 2.19. The second-order valence-corrected chi connectivity index (χ2v) is 6.27. The lowest BCUT2D eigenvalue weighted by Crippen LogP contribution is -2.39. The van der Waals surface area contributed by atoms with Gasteiger partial charge < -0.3 is 15.0 Å². The van der Waals surface area contributed by atoms with Gasteiger partial charge in [-0.2, -0.15) is 0 Å². The molecule has 2 fully saturated rings. The first-order chi connectivity index (χ1) is 8.74. The highest BCUT2D eigenvalue weighted by Gasteiger charge is 2.21. The summed E-state index contributed by atoms with van der Waals surface area (Å²) in [5.41, 5.74) is 0. The number of hydrogen-bond donors (Lipinski definition) is 1. The van der Waals surface area contributed by atoms with Gasteiger partial charge in [-0.3, -0.25) is 0 Å². The molecule has 0 aliphatic carbocycles. The normalized spacial score (nSPS) is 27.2. The minimum Gasteiger partial charge on any atom is -0.378 e. The molecule has 0 saturated carbocycles. The maximum atomic E-state index is 5.69. The topological polar surface area (TPSA) is 24.5 Å². The molecule has 0 aromatic carbocycles. The molecular weight excluding hydrogens is 224 g/mol. The molecule has 0 aromatic heterocycles. The van der Waals surface area contributed by atoms with E-state index < -0.39 is 0 Å². The molecule has 2 heterocycles. The summed E-state index contributed by atoms with van der Waals surface area (Å²) >= 11 is 0. The van der Waals surface area contributed by atoms with E-state index in [-0.39, 0.29) is 0 Å². The van der Waals surface area contributed by atoms with Crippen LogP contribution in [0.3, 0.4) is 0 Å². The molecule has 1 N–H and O–H groups in total. The molecule has 1 atom stereocenters. The van der Waals surface area contributed by atoms with Crippen molar-refractivity contribution in [2.24, 2.45) is 5.92 Å². The molecule has 0 spiro atoms. The summed E-state index contributed by atoms with van der Waals surface area (Å²) < 4.78 is 5.69. The molecule has 2 saturated heterocycles. The lowest BCUT2D eigenvalue weighted by molar-refractivity contribution is 0.0849. The zero-order valence-corrected chi connectivity index (χ0v) is 12.2. The van der Waals surface area contributed by atoms with Gasteiger partial charge in [0.2, 0.25) is 0 Å². The summed E-state index contributed by atoms with van der Waals surface area (Å²) in [6.45, 7) is 10.5. The van der Waals surface area contributed by atoms with Crippen LogP contribution < -0.4 is 5.32 Å². The maximum absolute atomic E-state index is 5.69. The van der Waals surface area contributed by atoms with E-state index in [1.54, 1.807) is 0 Å². The molecular formula is C15H30N2O. The Bertz CT molecular complexity index is 219. The maximum Gasteiger partial charge on any atom is 0.0588 e. The van der Waals surface area contributed by atoms with E-state index in [0.29, 0.717) is 12.1 Å². The second-order valence-electron chi connectivity index (χ2n) is 6.27. The summed E-state index contributed by atoms with van der Waals surface area (Å²) in [6, 6.07) is 0.627. The predicted molar refractivity (Wildman–Crippen MR) is 75.9 cm³/mol. The molecule has 18 heavy (non-hydrogen) atoms. The van der Waals surface area contributed by atoms with Gasteiger partial charge in [0.25, 0.3) is 0 Å². The number of piperidine rings is 1. The van der Waals surface area contributed by atoms with E-state index in [2.05, 4.69) is 24.1 Å². The molecule has 0 amide bonds. The van der Waals surface area contributed by atoms with Crippen LogP contribution in [0.5, 0.6) is 0 Å². The van der Waals surface area contributed by atoms with Crippen molar-refractivity contribution in [3.05, 3.63) is 0 Å². The number of nitrogens with one attached hydrogen (secondary N) is 1. The van der Waals surface area contributed by atoms with Crippen molar-refractivity contribution >= 4 is 0 Å². The monoisotopic (exact) mass is 254 g/mol. The highest BCUT2D eigenvalue weighted by atomic mass is 16.5. The molecule has 0 radical (unpaired) electrons. The van der Waals surface area contributed by atoms with E-state index in [1.807, 2.05) is 0 Å². The van der Waals surface area contributed by atoms with E-state index in [0.717, 1.165) is 12.5 Å². The summed E-state index contributed by atoms with van der Waals surface area (Å²) in [4.78, 5) is 2.63. The van der Waals surface area contributed by atoms with Crippen molar-refractivity contribution in [3.8, 4) is 0 Å². The van der Waals surface area contributed by atoms with Crippen LogP contribution in [-0.4, -0.2) is 49.8 Å². The third-order valence-electron chi connectivity index (χ3n) is 4.31. The highest BCUT2D eigenvalue weighted by molar-refractivity contribution is 4.76. The largest absolute Gasteiger partial charge is 0.378 e. The molecule has 2 aliphatic heterocycles. The zero-order valence-electron chi connectivity index (χ0n) is 12.2. The van der Waals surface area contributed by atoms with E-state index >= 15 is 0 Å². The quantitative estimate of drug-likeness (QED) is 0.787. The average molecular weight is 254 g/mol. The Morgan fingerprint density at radius 3 is 2.61 bits per heavy atom. The van der Waals surface area contributed by atoms with Crippen molar-refractivity contribution in [2.75, 3.05) is 32.8 Å². The summed E-state index contributed by atoms with van der Waals surface area (Å²) in [6.07, 6.45) is 7.10. The number of hydrogen-bond acceptors (Lipinski definition) is 3. The second kappa shape index (κ2) is 7.46. The Morgan fingerprint density at radius 1 is 1.22 bits per heavy atom. The van der Waals surface area contributed by atoms with Crippen molar-refractivity contribution in [1.29, 1.82) is 0 Å². The predicted octanol–water partition coefficient (Wildman–Crippen LogP) is 2.27. The van der Waals surface area contributed by atoms with Gasteiger partial charge in [0.1, 0.15) is 0 Å². The van der Waals surface area contributed by atoms with Crippen LogP contribution in [0.2, 0.25) is 0 Å². The van der Waals surface area contributed by atoms with E-state index in [1.165, 1.54) is 58.3 Å². The van der Waals surface area contributed by atoms with Crippen LogP contribution in [-0.2, 0) is 4.74 Å². The van der Waals surface area contributed by atoms with Gasteiger partial charge in [0, 0.05) is 19.2 Å². The SMILES string of the molecule is CC(C)NCC1CCN(CCC2CCCO2)CC1. The lowest BCUT2D eigenvalue weighted by Gasteiger charge is -2.32. The summed E-state index contributed by atoms with van der Waals surface area (Å²) in [5, 5.41) is 3.57. The number of nitrogens with zero attached hydrogens (tertiary/aromatic N) is 1. The molecule has 0 aromatic rings. The van der Waals surface area contributed by atoms with Crippen molar-refractivity contribution < 1.29 is 4.74 Å². The fourth-order valence-electron chi connectivity index (χ4n) is 3.02. The molecule has 0 bridgehead atoms. The van der Waals surface area contributed by atoms with Crippen molar-refractivity contribution in [1.82, 2.24) is 10.2 Å². The van der Waals surface area contributed by atoms with E-state index in [9.17, 15) is 0 Å². The Labute approximate surface area is 112 Å². The zero-order chi connectivity index (χ0) is 12.8. The van der Waals surface area contributed by atoms with E-state index in [4.69, 9.17) is 4.74 Å². The first-order valence-electron chi connectivity index (χ1n) is 7.81. The molecule has 1 unspecified atom stereocenters. The Balaban J connectivity index is 1.55. The first kappa shape index (κ1) is 14.3. The van der Waals surface area contributed by atoms with Gasteiger partial charge in [-0.05, 0) is 57.7 Å². The van der Waals surface area contributed by atoms with Crippen molar-refractivity contribution in [2.45, 2.75) is 58.1 Å². The Morgan fingerprint density at radius 2 is 2.00 bits per heavy atom. The van der Waals surface area contributed by atoms with Crippen LogP contribution in [0.25, 0.3) is 0 Å². The Hall–Kier alpha value is -0.120. The van der Waals surface area contributed by atoms with Gasteiger partial charge in [-0.15, -0.1) is 0 Å². The third kappa shape index (κ3) is 4.87. The van der Waals surface area contributed by atoms with Crippen LogP contribution in [0.1, 0.15) is 46.0 Å². The number of ether oxygens (including phenoxy) is 1. The van der Waals surface area contributed by atoms with Gasteiger partial charge in [0.15, 0.2) is 0 Å². The Kier molecular flexibility index (Phi) is 5.93. The summed E-state index contributed by atoms with van der Waals surface area (Å²) in [5.74, 6) is 0.895. The third-order valence-corrected chi connectivity index (χ3v) is 4.31. The van der Waals surface area contributed by atoms with Gasteiger partial charge in [0.05, 0.1) is 6.10 Å². The van der Waals surface area contributed by atoms with Gasteiger partial charge >= 0.3 is 0 Å². The fourth-order valence-corrected chi connectivity index (χ4v) is 3.02. The van der Waals surface area contributed by atoms with Gasteiger partial charge in [-0.1, -0.05) is 13.8 Å². The smallest absolute Gasteiger partial charge is 0.0588 e. The minimum absolute atomic E-state index is 0.560. The fraction of sp³-hybridized carbons (Fsp3) is 1.00. The van der Waals surface area contributed by atoms with Gasteiger partial charge in [-0.25, -0.2) is 0 Å². The van der Waals surface area contributed by atoms with Crippen molar-refractivity contribution in [3.63, 3.8) is 0 Å². The minimum atomic E-state index is 0.560. The standard InChI is InChI=1S/C15H30N2O/c1-13(2)16-12-14-5-8-17(9-6-14)10-7-15-4-3-11-18-15/h13-16H,3-12H2,1-2H3. The van der Waals surface area contributed by atoms with Crippen LogP contribution in [0.15, 0.2) is 0 Å². The molecule has 3 heteroatoms. The van der Waals surface area contributed by atoms with Crippen LogP contribution in [0.4, 0.5) is 0 Å². The molecule has 106 valence electrons. The number of likely N-dealkylation sites (tertiary alicyclic amines) is 1. The number of rotatable bonds is 6. The van der Waals surface area contributed by atoms with Crippen LogP contribution >= 0.6 is 0 Å². The molecule has 2 aliphatic rings.